The molecule has 6 heteroatoms. The third-order valence-electron chi connectivity index (χ3n) is 4.44. The van der Waals surface area contributed by atoms with Crippen molar-refractivity contribution in [3.05, 3.63) is 41.7 Å². The molecule has 3 rings (SSSR count). The summed E-state index contributed by atoms with van der Waals surface area (Å²) in [5.41, 5.74) is 2.65. The van der Waals surface area contributed by atoms with Crippen molar-refractivity contribution >= 4 is 5.91 Å². The number of hydrogen-bond acceptors (Lipinski definition) is 4. The van der Waals surface area contributed by atoms with E-state index in [1.54, 1.807) is 4.68 Å². The summed E-state index contributed by atoms with van der Waals surface area (Å²) in [6.07, 6.45) is 1.40. The van der Waals surface area contributed by atoms with Gasteiger partial charge in [-0.25, -0.2) is 4.68 Å². The normalized spacial score (nSPS) is 17.7. The average molecular weight is 313 g/mol. The van der Waals surface area contributed by atoms with Gasteiger partial charge in [0.2, 0.25) is 5.91 Å². The molecule has 1 saturated heterocycles. The zero-order valence-corrected chi connectivity index (χ0v) is 13.7. The quantitative estimate of drug-likeness (QED) is 0.900. The second-order valence-corrected chi connectivity index (χ2v) is 6.10. The number of nitrogens with one attached hydrogen (secondary N) is 1. The lowest BCUT2D eigenvalue weighted by Gasteiger charge is -2.16. The Morgan fingerprint density at radius 3 is 2.87 bits per heavy atom. The fraction of sp³-hybridized carbons (Fsp3) is 0.471. The van der Waals surface area contributed by atoms with Crippen molar-refractivity contribution in [1.29, 1.82) is 0 Å². The number of carbonyl (C=O) groups excluding carboxylic acids is 1. The Morgan fingerprint density at radius 2 is 2.13 bits per heavy atom. The van der Waals surface area contributed by atoms with Gasteiger partial charge in [0.25, 0.3) is 0 Å². The molecule has 0 aliphatic carbocycles. The van der Waals surface area contributed by atoms with E-state index in [1.165, 1.54) is 0 Å². The summed E-state index contributed by atoms with van der Waals surface area (Å²) >= 11 is 0. The van der Waals surface area contributed by atoms with Gasteiger partial charge in [-0.15, -0.1) is 5.10 Å². The number of carbonyl (C=O) groups is 1. The molecule has 6 nitrogen and oxygen atoms in total. The third-order valence-corrected chi connectivity index (χ3v) is 4.44. The Labute approximate surface area is 136 Å². The number of nitrogens with zero attached hydrogens (tertiary/aromatic N) is 4. The third kappa shape index (κ3) is 3.42. The Bertz CT molecular complexity index is 667. The predicted molar refractivity (Wildman–Crippen MR) is 88.4 cm³/mol. The standard InChI is InChI=1S/C17H23N5O/c1-13-16(19-20-22(13)15-6-4-3-5-7-15)10-17(23)21-9-8-14(12-21)11-18-2/h3-7,14,18H,8-12H2,1-2H3. The summed E-state index contributed by atoms with van der Waals surface area (Å²) in [5.74, 6) is 0.705. The van der Waals surface area contributed by atoms with Crippen molar-refractivity contribution in [3.8, 4) is 5.69 Å². The maximum atomic E-state index is 12.5. The van der Waals surface area contributed by atoms with E-state index in [2.05, 4.69) is 15.6 Å². The minimum atomic E-state index is 0.145. The Hall–Kier alpha value is -2.21. The van der Waals surface area contributed by atoms with Gasteiger partial charge in [-0.2, -0.15) is 0 Å². The number of para-hydroxylation sites is 1. The van der Waals surface area contributed by atoms with Crippen LogP contribution in [0, 0.1) is 12.8 Å². The molecule has 1 aliphatic heterocycles. The summed E-state index contributed by atoms with van der Waals surface area (Å²) < 4.78 is 1.79. The molecule has 1 aromatic carbocycles. The molecular weight excluding hydrogens is 290 g/mol. The van der Waals surface area contributed by atoms with Crippen LogP contribution in [0.3, 0.4) is 0 Å². The zero-order chi connectivity index (χ0) is 16.2. The first kappa shape index (κ1) is 15.7. The van der Waals surface area contributed by atoms with Gasteiger partial charge in [0, 0.05) is 13.1 Å². The molecule has 1 amide bonds. The van der Waals surface area contributed by atoms with E-state index in [4.69, 9.17) is 0 Å². The smallest absolute Gasteiger partial charge is 0.228 e. The van der Waals surface area contributed by atoms with Gasteiger partial charge in [0.1, 0.15) is 0 Å². The van der Waals surface area contributed by atoms with Crippen LogP contribution in [0.5, 0.6) is 0 Å². The van der Waals surface area contributed by atoms with Crippen LogP contribution < -0.4 is 5.32 Å². The highest BCUT2D eigenvalue weighted by atomic mass is 16.2. The number of benzene rings is 1. The fourth-order valence-electron chi connectivity index (χ4n) is 3.11. The topological polar surface area (TPSA) is 63.1 Å². The highest BCUT2D eigenvalue weighted by Crippen LogP contribution is 2.18. The Kier molecular flexibility index (Phi) is 4.71. The average Bonchev–Trinajstić information content (AvgIpc) is 3.17. The minimum Gasteiger partial charge on any atom is -0.342 e. The van der Waals surface area contributed by atoms with Crippen LogP contribution in [0.4, 0.5) is 0 Å². The molecule has 1 aliphatic rings. The maximum absolute atomic E-state index is 12.5. The Morgan fingerprint density at radius 1 is 1.35 bits per heavy atom. The first-order valence-corrected chi connectivity index (χ1v) is 8.08. The SMILES string of the molecule is CNCC1CCN(C(=O)Cc2nnn(-c3ccccc3)c2C)C1. The van der Waals surface area contributed by atoms with Crippen molar-refractivity contribution < 1.29 is 4.79 Å². The second kappa shape index (κ2) is 6.91. The van der Waals surface area contributed by atoms with Crippen LogP contribution in [0.25, 0.3) is 5.69 Å². The summed E-state index contributed by atoms with van der Waals surface area (Å²) in [7, 11) is 1.95. The molecule has 0 bridgehead atoms. The first-order chi connectivity index (χ1) is 11.2. The van der Waals surface area contributed by atoms with Crippen molar-refractivity contribution in [1.82, 2.24) is 25.2 Å². The van der Waals surface area contributed by atoms with Gasteiger partial charge in [0.15, 0.2) is 0 Å². The van der Waals surface area contributed by atoms with E-state index in [0.717, 1.165) is 43.1 Å². The molecule has 122 valence electrons. The van der Waals surface area contributed by atoms with Gasteiger partial charge >= 0.3 is 0 Å². The molecule has 0 spiro atoms. The van der Waals surface area contributed by atoms with Crippen LogP contribution in [0.15, 0.2) is 30.3 Å². The predicted octanol–water partition coefficient (Wildman–Crippen LogP) is 1.19. The fourth-order valence-corrected chi connectivity index (χ4v) is 3.11. The van der Waals surface area contributed by atoms with Crippen molar-refractivity contribution in [3.63, 3.8) is 0 Å². The number of aromatic nitrogens is 3. The molecule has 1 unspecified atom stereocenters. The summed E-state index contributed by atoms with van der Waals surface area (Å²) in [6, 6.07) is 9.86. The maximum Gasteiger partial charge on any atom is 0.228 e. The lowest BCUT2D eigenvalue weighted by molar-refractivity contribution is -0.129. The van der Waals surface area contributed by atoms with Gasteiger partial charge in [0.05, 0.1) is 23.5 Å². The largest absolute Gasteiger partial charge is 0.342 e. The van der Waals surface area contributed by atoms with Crippen LogP contribution in [0.1, 0.15) is 17.8 Å². The summed E-state index contributed by atoms with van der Waals surface area (Å²) in [4.78, 5) is 14.4. The number of amides is 1. The first-order valence-electron chi connectivity index (χ1n) is 8.08. The summed E-state index contributed by atoms with van der Waals surface area (Å²) in [5, 5.41) is 11.6. The molecule has 2 heterocycles. The molecule has 1 fully saturated rings. The van der Waals surface area contributed by atoms with E-state index < -0.39 is 0 Å². The molecule has 0 radical (unpaired) electrons. The minimum absolute atomic E-state index is 0.145. The summed E-state index contributed by atoms with van der Waals surface area (Å²) in [6.45, 7) is 4.61. The highest BCUT2D eigenvalue weighted by Gasteiger charge is 2.26. The van der Waals surface area contributed by atoms with Gasteiger partial charge < -0.3 is 10.2 Å². The van der Waals surface area contributed by atoms with Crippen LogP contribution in [-0.2, 0) is 11.2 Å². The van der Waals surface area contributed by atoms with E-state index in [-0.39, 0.29) is 5.91 Å². The van der Waals surface area contributed by atoms with Crippen molar-refractivity contribution in [2.75, 3.05) is 26.7 Å². The lowest BCUT2D eigenvalue weighted by atomic mass is 10.1. The monoisotopic (exact) mass is 313 g/mol. The molecular formula is C17H23N5O. The van der Waals surface area contributed by atoms with E-state index in [1.807, 2.05) is 49.2 Å². The zero-order valence-electron chi connectivity index (χ0n) is 13.7. The molecule has 1 atom stereocenters. The Balaban J connectivity index is 1.67. The van der Waals surface area contributed by atoms with Crippen LogP contribution in [0.2, 0.25) is 0 Å². The molecule has 1 aromatic heterocycles. The van der Waals surface area contributed by atoms with Crippen molar-refractivity contribution in [2.24, 2.45) is 5.92 Å². The van der Waals surface area contributed by atoms with Crippen LogP contribution in [-0.4, -0.2) is 52.5 Å². The molecule has 1 N–H and O–H groups in total. The van der Waals surface area contributed by atoms with E-state index in [0.29, 0.717) is 12.3 Å². The van der Waals surface area contributed by atoms with E-state index in [9.17, 15) is 4.79 Å². The second-order valence-electron chi connectivity index (χ2n) is 6.10. The molecule has 2 aromatic rings. The van der Waals surface area contributed by atoms with Crippen LogP contribution >= 0.6 is 0 Å². The number of likely N-dealkylation sites (tertiary alicyclic amines) is 1. The van der Waals surface area contributed by atoms with E-state index >= 15 is 0 Å². The molecule has 0 saturated carbocycles. The van der Waals surface area contributed by atoms with Gasteiger partial charge in [-0.3, -0.25) is 4.79 Å². The lowest BCUT2D eigenvalue weighted by Crippen LogP contribution is -2.31. The number of rotatable bonds is 5. The number of hydrogen-bond donors (Lipinski definition) is 1. The van der Waals surface area contributed by atoms with Gasteiger partial charge in [-0.1, -0.05) is 23.4 Å². The van der Waals surface area contributed by atoms with Crippen molar-refractivity contribution in [2.45, 2.75) is 19.8 Å². The highest BCUT2D eigenvalue weighted by molar-refractivity contribution is 5.78. The molecule has 23 heavy (non-hydrogen) atoms. The van der Waals surface area contributed by atoms with Gasteiger partial charge in [-0.05, 0) is 45.0 Å².